The van der Waals surface area contributed by atoms with Crippen molar-refractivity contribution < 1.29 is 31.7 Å². The van der Waals surface area contributed by atoms with E-state index in [-0.39, 0.29) is 32.8 Å². The molecule has 0 aliphatic heterocycles. The number of nitrogens with zero attached hydrogens (tertiary/aromatic N) is 1. The van der Waals surface area contributed by atoms with Crippen LogP contribution in [0.1, 0.15) is 26.3 Å². The Hall–Kier alpha value is -2.33. The van der Waals surface area contributed by atoms with E-state index in [1.165, 1.54) is 4.90 Å². The normalized spacial score (nSPS) is 11.6. The Kier molecular flexibility index (Phi) is 9.20. The molecule has 9 nitrogen and oxygen atoms in total. The summed E-state index contributed by atoms with van der Waals surface area (Å²) in [6, 6.07) is 9.13. The summed E-state index contributed by atoms with van der Waals surface area (Å²) in [6.07, 6.45) is -0.334. The third kappa shape index (κ3) is 11.4. The third-order valence-electron chi connectivity index (χ3n) is 3.17. The average Bonchev–Trinajstić information content (AvgIpc) is 2.56. The zero-order valence-corrected chi connectivity index (χ0v) is 17.5. The molecule has 0 fully saturated rings. The molecule has 0 bridgehead atoms. The molecule has 1 N–H and O–H groups in total. The van der Waals surface area contributed by atoms with Gasteiger partial charge in [0.1, 0.15) is 12.2 Å². The topological polar surface area (TPSA) is 111 Å². The minimum Gasteiger partial charge on any atom is -0.445 e. The molecular weight excluding hydrogens is 388 g/mol. The van der Waals surface area contributed by atoms with Crippen molar-refractivity contribution in [1.82, 2.24) is 10.2 Å². The van der Waals surface area contributed by atoms with Gasteiger partial charge in [0.2, 0.25) is 0 Å². The molecule has 158 valence electrons. The predicted octanol–water partition coefficient (Wildman–Crippen LogP) is 2.13. The zero-order valence-electron chi connectivity index (χ0n) is 16.6. The monoisotopic (exact) mass is 416 g/mol. The van der Waals surface area contributed by atoms with Crippen LogP contribution in [0.3, 0.4) is 0 Å². The first-order valence-corrected chi connectivity index (χ1v) is 10.5. The number of hydrogen-bond acceptors (Lipinski definition) is 7. The molecule has 0 radical (unpaired) electrons. The van der Waals surface area contributed by atoms with Crippen LogP contribution in [0.25, 0.3) is 0 Å². The zero-order chi connectivity index (χ0) is 21.2. The lowest BCUT2D eigenvalue weighted by molar-refractivity contribution is 0.0513. The van der Waals surface area contributed by atoms with Crippen molar-refractivity contribution in [2.75, 3.05) is 32.5 Å². The molecule has 1 aromatic carbocycles. The molecule has 0 aliphatic carbocycles. The number of amides is 2. The molecule has 1 aromatic rings. The van der Waals surface area contributed by atoms with Crippen LogP contribution >= 0.6 is 0 Å². The standard InChI is InChI=1S/C18H28N2O7S/c1-18(2,3)27-16(21)19-10-11-20(12-13-26-28(4,23)24)17(22)25-14-15-8-6-5-7-9-15/h5-9H,10-14H2,1-4H3,(H,19,21). The molecule has 1 rings (SSSR count). The van der Waals surface area contributed by atoms with Gasteiger partial charge in [0.25, 0.3) is 10.1 Å². The van der Waals surface area contributed by atoms with Crippen molar-refractivity contribution in [3.63, 3.8) is 0 Å². The fourth-order valence-corrected chi connectivity index (χ4v) is 2.39. The first-order chi connectivity index (χ1) is 13.0. The van der Waals surface area contributed by atoms with Gasteiger partial charge in [-0.25, -0.2) is 9.59 Å². The van der Waals surface area contributed by atoms with Gasteiger partial charge in [0.05, 0.1) is 12.9 Å². The largest absolute Gasteiger partial charge is 0.445 e. The molecule has 0 spiro atoms. The van der Waals surface area contributed by atoms with Gasteiger partial charge in [-0.05, 0) is 26.3 Å². The minimum atomic E-state index is -3.62. The number of carbonyl (C=O) groups is 2. The maximum atomic E-state index is 12.3. The Bertz CT molecular complexity index is 730. The highest BCUT2D eigenvalue weighted by molar-refractivity contribution is 7.85. The van der Waals surface area contributed by atoms with Crippen LogP contribution in [0, 0.1) is 0 Å². The van der Waals surface area contributed by atoms with E-state index in [2.05, 4.69) is 9.50 Å². The summed E-state index contributed by atoms with van der Waals surface area (Å²) < 4.78 is 37.2. The van der Waals surface area contributed by atoms with E-state index in [4.69, 9.17) is 9.47 Å². The van der Waals surface area contributed by atoms with E-state index >= 15 is 0 Å². The summed E-state index contributed by atoms with van der Waals surface area (Å²) in [5, 5.41) is 2.54. The fraction of sp³-hybridized carbons (Fsp3) is 0.556. The molecular formula is C18H28N2O7S. The van der Waals surface area contributed by atoms with Crippen molar-refractivity contribution in [2.45, 2.75) is 33.0 Å². The van der Waals surface area contributed by atoms with Crippen LogP contribution in [0.2, 0.25) is 0 Å². The summed E-state index contributed by atoms with van der Waals surface area (Å²) in [7, 11) is -3.62. The second-order valence-electron chi connectivity index (χ2n) is 6.98. The lowest BCUT2D eigenvalue weighted by Gasteiger charge is -2.23. The van der Waals surface area contributed by atoms with Crippen molar-refractivity contribution in [2.24, 2.45) is 0 Å². The Morgan fingerprint density at radius 1 is 1.11 bits per heavy atom. The molecule has 0 saturated carbocycles. The summed E-state index contributed by atoms with van der Waals surface area (Å²) in [5.41, 5.74) is 0.178. The van der Waals surface area contributed by atoms with Crippen molar-refractivity contribution >= 4 is 22.3 Å². The first kappa shape index (κ1) is 23.7. The van der Waals surface area contributed by atoms with E-state index in [9.17, 15) is 18.0 Å². The molecule has 10 heteroatoms. The molecule has 28 heavy (non-hydrogen) atoms. The fourth-order valence-electron chi connectivity index (χ4n) is 2.01. The molecule has 0 heterocycles. The molecule has 2 amide bonds. The summed E-state index contributed by atoms with van der Waals surface area (Å²) in [5.74, 6) is 0. The lowest BCUT2D eigenvalue weighted by atomic mass is 10.2. The van der Waals surface area contributed by atoms with Gasteiger partial charge < -0.3 is 19.7 Å². The van der Waals surface area contributed by atoms with Crippen LogP contribution in [0.15, 0.2) is 30.3 Å². The van der Waals surface area contributed by atoms with E-state index in [1.807, 2.05) is 30.3 Å². The highest BCUT2D eigenvalue weighted by atomic mass is 32.2. The summed E-state index contributed by atoms with van der Waals surface area (Å²) >= 11 is 0. The number of ether oxygens (including phenoxy) is 2. The predicted molar refractivity (Wildman–Crippen MR) is 103 cm³/mol. The number of rotatable bonds is 9. The Balaban J connectivity index is 2.56. The van der Waals surface area contributed by atoms with Gasteiger partial charge in [-0.1, -0.05) is 30.3 Å². The number of benzene rings is 1. The highest BCUT2D eigenvalue weighted by Gasteiger charge is 2.19. The molecule has 0 aromatic heterocycles. The van der Waals surface area contributed by atoms with Crippen LogP contribution in [0.5, 0.6) is 0 Å². The molecule has 0 unspecified atom stereocenters. The summed E-state index contributed by atoms with van der Waals surface area (Å²) in [4.78, 5) is 25.3. The van der Waals surface area contributed by atoms with Crippen molar-refractivity contribution in [1.29, 1.82) is 0 Å². The summed E-state index contributed by atoms with van der Waals surface area (Å²) in [6.45, 7) is 5.26. The Morgan fingerprint density at radius 3 is 2.32 bits per heavy atom. The maximum absolute atomic E-state index is 12.3. The maximum Gasteiger partial charge on any atom is 0.410 e. The van der Waals surface area contributed by atoms with Gasteiger partial charge in [-0.3, -0.25) is 4.18 Å². The second kappa shape index (κ2) is 10.9. The number of nitrogens with one attached hydrogen (secondary N) is 1. The van der Waals surface area contributed by atoms with Crippen LogP contribution in [-0.2, 0) is 30.4 Å². The van der Waals surface area contributed by atoms with Gasteiger partial charge in [-0.15, -0.1) is 0 Å². The van der Waals surface area contributed by atoms with E-state index in [0.717, 1.165) is 11.8 Å². The highest BCUT2D eigenvalue weighted by Crippen LogP contribution is 2.07. The number of hydrogen-bond donors (Lipinski definition) is 1. The quantitative estimate of drug-likeness (QED) is 0.614. The van der Waals surface area contributed by atoms with E-state index in [1.54, 1.807) is 20.8 Å². The van der Waals surface area contributed by atoms with Crippen molar-refractivity contribution in [3.8, 4) is 0 Å². The average molecular weight is 416 g/mol. The van der Waals surface area contributed by atoms with Gasteiger partial charge in [0, 0.05) is 19.6 Å². The third-order valence-corrected chi connectivity index (χ3v) is 3.77. The van der Waals surface area contributed by atoms with Gasteiger partial charge >= 0.3 is 12.2 Å². The SMILES string of the molecule is CC(C)(C)OC(=O)NCCN(CCOS(C)(=O)=O)C(=O)OCc1ccccc1. The minimum absolute atomic E-state index is 0.0172. The Morgan fingerprint density at radius 2 is 1.75 bits per heavy atom. The van der Waals surface area contributed by atoms with Crippen LogP contribution in [-0.4, -0.2) is 63.6 Å². The number of alkyl carbamates (subject to hydrolysis) is 1. The smallest absolute Gasteiger partial charge is 0.410 e. The molecule has 0 atom stereocenters. The van der Waals surface area contributed by atoms with Gasteiger partial charge in [-0.2, -0.15) is 8.42 Å². The second-order valence-corrected chi connectivity index (χ2v) is 8.63. The van der Waals surface area contributed by atoms with E-state index in [0.29, 0.717) is 0 Å². The number of carbonyl (C=O) groups excluding carboxylic acids is 2. The lowest BCUT2D eigenvalue weighted by Crippen LogP contribution is -2.42. The first-order valence-electron chi connectivity index (χ1n) is 8.73. The Labute approximate surface area is 166 Å². The van der Waals surface area contributed by atoms with Crippen LogP contribution < -0.4 is 5.32 Å². The van der Waals surface area contributed by atoms with Gasteiger partial charge in [0.15, 0.2) is 0 Å². The van der Waals surface area contributed by atoms with E-state index < -0.39 is 27.9 Å². The molecule has 0 aliphatic rings. The van der Waals surface area contributed by atoms with Crippen molar-refractivity contribution in [3.05, 3.63) is 35.9 Å². The van der Waals surface area contributed by atoms with Crippen LogP contribution in [0.4, 0.5) is 9.59 Å². The molecule has 0 saturated heterocycles.